The van der Waals surface area contributed by atoms with Crippen LogP contribution in [0.3, 0.4) is 0 Å². The number of methoxy groups -OCH3 is 2. The molecule has 0 aliphatic carbocycles. The first-order valence-electron chi connectivity index (χ1n) is 4.64. The molecule has 1 rings (SSSR count). The molecule has 0 unspecified atom stereocenters. The highest BCUT2D eigenvalue weighted by Crippen LogP contribution is 2.33. The van der Waals surface area contributed by atoms with Crippen LogP contribution in [0.2, 0.25) is 0 Å². The first-order chi connectivity index (χ1) is 8.12. The second-order valence-electron chi connectivity index (χ2n) is 3.01. The Bertz CT molecular complexity index is 430. The molecular formula is C11H11BrO5. The predicted molar refractivity (Wildman–Crippen MR) is 63.6 cm³/mol. The highest BCUT2D eigenvalue weighted by molar-refractivity contribution is 9.10. The second kappa shape index (κ2) is 6.24. The Labute approximate surface area is 107 Å². The van der Waals surface area contributed by atoms with Crippen molar-refractivity contribution in [1.82, 2.24) is 0 Å². The van der Waals surface area contributed by atoms with Gasteiger partial charge in [0.2, 0.25) is 0 Å². The van der Waals surface area contributed by atoms with Gasteiger partial charge in [-0.3, -0.25) is 4.79 Å². The van der Waals surface area contributed by atoms with E-state index < -0.39 is 5.97 Å². The molecule has 0 amide bonds. The number of carbonyl (C=O) groups excluding carboxylic acids is 2. The van der Waals surface area contributed by atoms with E-state index >= 15 is 0 Å². The molecule has 0 spiro atoms. The van der Waals surface area contributed by atoms with E-state index in [9.17, 15) is 9.59 Å². The zero-order chi connectivity index (χ0) is 12.8. The van der Waals surface area contributed by atoms with Gasteiger partial charge >= 0.3 is 5.97 Å². The summed E-state index contributed by atoms with van der Waals surface area (Å²) in [6.45, 7) is -0.282. The van der Waals surface area contributed by atoms with Gasteiger partial charge in [-0.05, 0) is 12.1 Å². The summed E-state index contributed by atoms with van der Waals surface area (Å²) in [6, 6.07) is 3.21. The third-order valence-electron chi connectivity index (χ3n) is 1.96. The molecule has 1 aromatic carbocycles. The number of rotatable bonds is 5. The summed E-state index contributed by atoms with van der Waals surface area (Å²) < 4.78 is 15.4. The number of hydrogen-bond acceptors (Lipinski definition) is 5. The van der Waals surface area contributed by atoms with E-state index in [4.69, 9.17) is 9.47 Å². The second-order valence-corrected chi connectivity index (χ2v) is 3.92. The van der Waals surface area contributed by atoms with Crippen molar-refractivity contribution < 1.29 is 23.8 Å². The minimum absolute atomic E-state index is 0.219. The van der Waals surface area contributed by atoms with Gasteiger partial charge in [-0.1, -0.05) is 15.9 Å². The fraction of sp³-hybridized carbons (Fsp3) is 0.273. The van der Waals surface area contributed by atoms with Gasteiger partial charge < -0.3 is 14.2 Å². The molecule has 6 heteroatoms. The van der Waals surface area contributed by atoms with E-state index in [0.717, 1.165) is 0 Å². The van der Waals surface area contributed by atoms with Crippen LogP contribution in [-0.2, 0) is 9.53 Å². The molecule has 0 heterocycles. The fourth-order valence-electron chi connectivity index (χ4n) is 1.17. The Morgan fingerprint density at radius 2 is 2.12 bits per heavy atom. The standard InChI is InChI=1S/C11H11BrO5/c1-15-9-4-8(12)3-7(5-13)11(9)17-6-10(14)16-2/h3-5H,6H2,1-2H3. The summed E-state index contributed by atoms with van der Waals surface area (Å²) >= 11 is 3.24. The molecule has 0 aliphatic heterocycles. The summed E-state index contributed by atoms with van der Waals surface area (Å²) in [5.41, 5.74) is 0.292. The summed E-state index contributed by atoms with van der Waals surface area (Å²) in [7, 11) is 2.70. The zero-order valence-corrected chi connectivity index (χ0v) is 10.9. The molecular weight excluding hydrogens is 292 g/mol. The number of benzene rings is 1. The topological polar surface area (TPSA) is 61.8 Å². The number of esters is 1. The average molecular weight is 303 g/mol. The van der Waals surface area contributed by atoms with Crippen molar-refractivity contribution in [2.75, 3.05) is 20.8 Å². The fourth-order valence-corrected chi connectivity index (χ4v) is 1.63. The lowest BCUT2D eigenvalue weighted by Gasteiger charge is -2.12. The number of carbonyl (C=O) groups is 2. The van der Waals surface area contributed by atoms with Crippen molar-refractivity contribution in [2.24, 2.45) is 0 Å². The third-order valence-corrected chi connectivity index (χ3v) is 2.42. The lowest BCUT2D eigenvalue weighted by atomic mass is 10.2. The van der Waals surface area contributed by atoms with Gasteiger partial charge in [-0.25, -0.2) is 4.79 Å². The van der Waals surface area contributed by atoms with Crippen LogP contribution in [-0.4, -0.2) is 33.1 Å². The normalized spacial score (nSPS) is 9.59. The van der Waals surface area contributed by atoms with Crippen LogP contribution < -0.4 is 9.47 Å². The lowest BCUT2D eigenvalue weighted by Crippen LogP contribution is -2.13. The molecule has 1 aromatic rings. The van der Waals surface area contributed by atoms with E-state index in [-0.39, 0.29) is 12.4 Å². The monoisotopic (exact) mass is 302 g/mol. The van der Waals surface area contributed by atoms with Crippen LogP contribution in [0.1, 0.15) is 10.4 Å². The van der Waals surface area contributed by atoms with Crippen molar-refractivity contribution in [3.05, 3.63) is 22.2 Å². The predicted octanol–water partition coefficient (Wildman–Crippen LogP) is 1.82. The van der Waals surface area contributed by atoms with Gasteiger partial charge in [0.15, 0.2) is 24.4 Å². The molecule has 0 radical (unpaired) electrons. The van der Waals surface area contributed by atoms with Gasteiger partial charge in [0.25, 0.3) is 0 Å². The molecule has 0 atom stereocenters. The van der Waals surface area contributed by atoms with Crippen LogP contribution in [0, 0.1) is 0 Å². The number of aldehydes is 1. The van der Waals surface area contributed by atoms with Crippen molar-refractivity contribution >= 4 is 28.2 Å². The largest absolute Gasteiger partial charge is 0.493 e. The molecule has 0 aliphatic rings. The molecule has 5 nitrogen and oxygen atoms in total. The van der Waals surface area contributed by atoms with Gasteiger partial charge in [-0.2, -0.15) is 0 Å². The van der Waals surface area contributed by atoms with Gasteiger partial charge in [0.05, 0.1) is 19.8 Å². The summed E-state index contributed by atoms with van der Waals surface area (Å²) in [5.74, 6) is 0.0494. The van der Waals surface area contributed by atoms with E-state index in [1.54, 1.807) is 12.1 Å². The van der Waals surface area contributed by atoms with Gasteiger partial charge in [0.1, 0.15) is 0 Å². The van der Waals surface area contributed by atoms with Crippen LogP contribution in [0.25, 0.3) is 0 Å². The van der Waals surface area contributed by atoms with Crippen LogP contribution in [0.4, 0.5) is 0 Å². The maximum atomic E-state index is 11.0. The number of hydrogen-bond donors (Lipinski definition) is 0. The molecule has 17 heavy (non-hydrogen) atoms. The first kappa shape index (κ1) is 13.5. The number of ether oxygens (including phenoxy) is 3. The Balaban J connectivity index is 3.02. The molecule has 0 fully saturated rings. The highest BCUT2D eigenvalue weighted by Gasteiger charge is 2.14. The van der Waals surface area contributed by atoms with Gasteiger partial charge in [0, 0.05) is 4.47 Å². The van der Waals surface area contributed by atoms with Crippen molar-refractivity contribution in [1.29, 1.82) is 0 Å². The van der Waals surface area contributed by atoms with Crippen molar-refractivity contribution in [3.63, 3.8) is 0 Å². The lowest BCUT2D eigenvalue weighted by molar-refractivity contribution is -0.142. The van der Waals surface area contributed by atoms with E-state index in [1.165, 1.54) is 14.2 Å². The quantitative estimate of drug-likeness (QED) is 0.613. The maximum absolute atomic E-state index is 11.0. The Morgan fingerprint density at radius 3 is 2.65 bits per heavy atom. The van der Waals surface area contributed by atoms with Crippen molar-refractivity contribution in [2.45, 2.75) is 0 Å². The summed E-state index contributed by atoms with van der Waals surface area (Å²) in [6.07, 6.45) is 0.625. The number of halogens is 1. The minimum Gasteiger partial charge on any atom is -0.493 e. The Hall–Kier alpha value is -1.56. The average Bonchev–Trinajstić information content (AvgIpc) is 2.35. The van der Waals surface area contributed by atoms with Crippen LogP contribution in [0.15, 0.2) is 16.6 Å². The molecule has 0 aromatic heterocycles. The smallest absolute Gasteiger partial charge is 0.343 e. The van der Waals surface area contributed by atoms with E-state index in [2.05, 4.69) is 20.7 Å². The first-order valence-corrected chi connectivity index (χ1v) is 5.44. The van der Waals surface area contributed by atoms with Crippen LogP contribution >= 0.6 is 15.9 Å². The zero-order valence-electron chi connectivity index (χ0n) is 9.36. The SMILES string of the molecule is COC(=O)COc1c(C=O)cc(Br)cc1OC. The van der Waals surface area contributed by atoms with Crippen LogP contribution in [0.5, 0.6) is 11.5 Å². The molecule has 0 saturated heterocycles. The van der Waals surface area contributed by atoms with Gasteiger partial charge in [-0.15, -0.1) is 0 Å². The summed E-state index contributed by atoms with van der Waals surface area (Å²) in [5, 5.41) is 0. The minimum atomic E-state index is -0.535. The highest BCUT2D eigenvalue weighted by atomic mass is 79.9. The van der Waals surface area contributed by atoms with Crippen molar-refractivity contribution in [3.8, 4) is 11.5 Å². The Morgan fingerprint density at radius 1 is 1.41 bits per heavy atom. The maximum Gasteiger partial charge on any atom is 0.343 e. The molecule has 0 bridgehead atoms. The van der Waals surface area contributed by atoms with E-state index in [0.29, 0.717) is 22.1 Å². The molecule has 0 saturated carbocycles. The summed E-state index contributed by atoms with van der Waals surface area (Å²) in [4.78, 5) is 21.9. The molecule has 0 N–H and O–H groups in total. The van der Waals surface area contributed by atoms with E-state index in [1.807, 2.05) is 0 Å². The third kappa shape index (κ3) is 3.45. The Kier molecular flexibility index (Phi) is 4.96. The molecule has 92 valence electrons.